The van der Waals surface area contributed by atoms with Crippen LogP contribution in [0.3, 0.4) is 0 Å². The van der Waals surface area contributed by atoms with Gasteiger partial charge in [-0.2, -0.15) is 0 Å². The Bertz CT molecular complexity index is 1010. The van der Waals surface area contributed by atoms with Crippen molar-refractivity contribution in [3.63, 3.8) is 0 Å². The zero-order valence-corrected chi connectivity index (χ0v) is 18.8. The molecule has 0 saturated heterocycles. The zero-order chi connectivity index (χ0) is 21.7. The van der Waals surface area contributed by atoms with Crippen LogP contribution in [0.25, 0.3) is 0 Å². The van der Waals surface area contributed by atoms with E-state index in [1.165, 1.54) is 17.5 Å². The Morgan fingerprint density at radius 2 is 1.83 bits per heavy atom. The molecule has 162 valence electrons. The molecule has 30 heavy (non-hydrogen) atoms. The van der Waals surface area contributed by atoms with Crippen LogP contribution in [0.5, 0.6) is 0 Å². The first-order chi connectivity index (χ1) is 14.4. The van der Waals surface area contributed by atoms with Crippen LogP contribution >= 0.6 is 11.6 Å². The SMILES string of the molecule is COC(=O)CCCCCCNC1c2ccccc2N(C)S(=O)(=O)c2cc(Cl)ccc21. The minimum Gasteiger partial charge on any atom is -0.469 e. The van der Waals surface area contributed by atoms with E-state index in [-0.39, 0.29) is 16.9 Å². The Labute approximate surface area is 183 Å². The molecule has 0 aromatic heterocycles. The molecule has 0 bridgehead atoms. The third-order valence-electron chi connectivity index (χ3n) is 5.40. The van der Waals surface area contributed by atoms with E-state index in [0.29, 0.717) is 22.7 Å². The molecule has 6 nitrogen and oxygen atoms in total. The number of ether oxygens (including phenoxy) is 1. The Morgan fingerprint density at radius 3 is 2.60 bits per heavy atom. The van der Waals surface area contributed by atoms with Crippen molar-refractivity contribution in [3.8, 4) is 0 Å². The van der Waals surface area contributed by atoms with Crippen molar-refractivity contribution in [2.45, 2.75) is 43.0 Å². The molecule has 1 N–H and O–H groups in total. The van der Waals surface area contributed by atoms with E-state index < -0.39 is 10.0 Å². The van der Waals surface area contributed by atoms with Crippen LogP contribution in [0.4, 0.5) is 5.69 Å². The average molecular weight is 451 g/mol. The predicted molar refractivity (Wildman–Crippen MR) is 118 cm³/mol. The van der Waals surface area contributed by atoms with Crippen molar-refractivity contribution in [1.29, 1.82) is 0 Å². The topological polar surface area (TPSA) is 75.7 Å². The number of esters is 1. The number of anilines is 1. The van der Waals surface area contributed by atoms with Gasteiger partial charge in [0.2, 0.25) is 0 Å². The van der Waals surface area contributed by atoms with Crippen LogP contribution in [0, 0.1) is 0 Å². The number of methoxy groups -OCH3 is 1. The normalized spacial score (nSPS) is 17.0. The van der Waals surface area contributed by atoms with Crippen LogP contribution in [0.15, 0.2) is 47.4 Å². The predicted octanol–water partition coefficient (Wildman–Crippen LogP) is 4.28. The third-order valence-corrected chi connectivity index (χ3v) is 7.46. The number of sulfonamides is 1. The van der Waals surface area contributed by atoms with E-state index in [2.05, 4.69) is 10.1 Å². The molecule has 1 aliphatic rings. The minimum absolute atomic E-state index is 0.177. The van der Waals surface area contributed by atoms with Gasteiger partial charge in [-0.15, -0.1) is 0 Å². The van der Waals surface area contributed by atoms with Crippen LogP contribution < -0.4 is 9.62 Å². The molecule has 0 spiro atoms. The summed E-state index contributed by atoms with van der Waals surface area (Å²) in [5, 5.41) is 3.93. The molecule has 0 saturated carbocycles. The number of hydrogen-bond acceptors (Lipinski definition) is 5. The molecule has 1 unspecified atom stereocenters. The van der Waals surface area contributed by atoms with Crippen LogP contribution in [-0.2, 0) is 19.6 Å². The standard InChI is InChI=1S/C22H27ClN2O4S/c1-25-19-10-7-6-9-17(19)22(24-14-8-4-3-5-11-21(26)29-2)18-13-12-16(23)15-20(18)30(25,27)28/h6-7,9-10,12-13,15,22,24H,3-5,8,11,14H2,1-2H3. The van der Waals surface area contributed by atoms with Crippen molar-refractivity contribution in [3.05, 3.63) is 58.6 Å². The van der Waals surface area contributed by atoms with Crippen LogP contribution in [-0.4, -0.2) is 35.1 Å². The average Bonchev–Trinajstić information content (AvgIpc) is 2.81. The summed E-state index contributed by atoms with van der Waals surface area (Å²) in [6.45, 7) is 0.725. The van der Waals surface area contributed by atoms with Gasteiger partial charge < -0.3 is 10.1 Å². The highest BCUT2D eigenvalue weighted by molar-refractivity contribution is 7.92. The van der Waals surface area contributed by atoms with Crippen molar-refractivity contribution in [2.24, 2.45) is 0 Å². The van der Waals surface area contributed by atoms with Crippen LogP contribution in [0.2, 0.25) is 5.02 Å². The molecule has 1 heterocycles. The first kappa shape index (κ1) is 22.6. The molecule has 1 aliphatic heterocycles. The monoisotopic (exact) mass is 450 g/mol. The highest BCUT2D eigenvalue weighted by Gasteiger charge is 2.34. The Balaban J connectivity index is 1.79. The van der Waals surface area contributed by atoms with E-state index in [9.17, 15) is 13.2 Å². The summed E-state index contributed by atoms with van der Waals surface area (Å²) in [4.78, 5) is 11.4. The smallest absolute Gasteiger partial charge is 0.305 e. The number of nitrogens with zero attached hydrogens (tertiary/aromatic N) is 1. The molecule has 8 heteroatoms. The lowest BCUT2D eigenvalue weighted by molar-refractivity contribution is -0.140. The first-order valence-electron chi connectivity index (χ1n) is 10.0. The lowest BCUT2D eigenvalue weighted by Crippen LogP contribution is -2.26. The molecule has 0 radical (unpaired) electrons. The lowest BCUT2D eigenvalue weighted by Gasteiger charge is -2.22. The Kier molecular flexibility index (Phi) is 7.39. The van der Waals surface area contributed by atoms with E-state index in [0.717, 1.165) is 37.8 Å². The van der Waals surface area contributed by atoms with Crippen molar-refractivity contribution >= 4 is 33.3 Å². The number of hydrogen-bond donors (Lipinski definition) is 1. The maximum atomic E-state index is 13.2. The molecule has 2 aromatic rings. The summed E-state index contributed by atoms with van der Waals surface area (Å²) < 4.78 is 32.4. The molecule has 0 aliphatic carbocycles. The largest absolute Gasteiger partial charge is 0.469 e. The fraction of sp³-hybridized carbons (Fsp3) is 0.409. The maximum Gasteiger partial charge on any atom is 0.305 e. The first-order valence-corrected chi connectivity index (χ1v) is 11.9. The van der Waals surface area contributed by atoms with Gasteiger partial charge in [-0.1, -0.05) is 48.7 Å². The van der Waals surface area contributed by atoms with Gasteiger partial charge in [-0.05, 0) is 48.7 Å². The van der Waals surface area contributed by atoms with Gasteiger partial charge in [0, 0.05) is 18.5 Å². The summed E-state index contributed by atoms with van der Waals surface area (Å²) >= 11 is 6.14. The number of halogens is 1. The van der Waals surface area contributed by atoms with E-state index in [1.807, 2.05) is 24.3 Å². The second-order valence-corrected chi connectivity index (χ2v) is 9.72. The second-order valence-electron chi connectivity index (χ2n) is 7.34. The van der Waals surface area contributed by atoms with Crippen molar-refractivity contribution < 1.29 is 17.9 Å². The third kappa shape index (κ3) is 4.79. The number of carbonyl (C=O) groups excluding carboxylic acids is 1. The summed E-state index contributed by atoms with van der Waals surface area (Å²) in [6.07, 6.45) is 4.10. The minimum atomic E-state index is -3.71. The zero-order valence-electron chi connectivity index (χ0n) is 17.2. The van der Waals surface area contributed by atoms with Gasteiger partial charge in [-0.3, -0.25) is 9.10 Å². The summed E-state index contributed by atoms with van der Waals surface area (Å²) in [6, 6.07) is 12.3. The Hall–Kier alpha value is -2.09. The van der Waals surface area contributed by atoms with E-state index in [4.69, 9.17) is 11.6 Å². The maximum absolute atomic E-state index is 13.2. The van der Waals surface area contributed by atoms with Gasteiger partial charge in [0.05, 0.1) is 23.7 Å². The number of benzene rings is 2. The van der Waals surface area contributed by atoms with Gasteiger partial charge in [0.25, 0.3) is 10.0 Å². The molecule has 2 aromatic carbocycles. The number of unbranched alkanes of at least 4 members (excludes halogenated alkanes) is 3. The molecule has 0 fully saturated rings. The van der Waals surface area contributed by atoms with Crippen LogP contribution in [0.1, 0.15) is 49.3 Å². The Morgan fingerprint density at radius 1 is 1.10 bits per heavy atom. The molecule has 3 rings (SSSR count). The molecular formula is C22H27ClN2O4S. The van der Waals surface area contributed by atoms with Crippen molar-refractivity contribution in [2.75, 3.05) is 25.0 Å². The highest BCUT2D eigenvalue weighted by Crippen LogP contribution is 2.40. The van der Waals surface area contributed by atoms with E-state index >= 15 is 0 Å². The van der Waals surface area contributed by atoms with E-state index in [1.54, 1.807) is 19.2 Å². The molecule has 0 amide bonds. The number of carbonyl (C=O) groups is 1. The number of para-hydroxylation sites is 1. The summed E-state index contributed by atoms with van der Waals surface area (Å²) in [5.74, 6) is -0.177. The molecular weight excluding hydrogens is 424 g/mol. The van der Waals surface area contributed by atoms with Gasteiger partial charge in [-0.25, -0.2) is 8.42 Å². The number of rotatable bonds is 8. The number of fused-ring (bicyclic) bond motifs is 2. The van der Waals surface area contributed by atoms with Crippen molar-refractivity contribution in [1.82, 2.24) is 5.32 Å². The lowest BCUT2D eigenvalue weighted by atomic mass is 9.96. The van der Waals surface area contributed by atoms with Gasteiger partial charge >= 0.3 is 5.97 Å². The quantitative estimate of drug-likeness (QED) is 0.479. The fourth-order valence-corrected chi connectivity index (χ4v) is 5.47. The van der Waals surface area contributed by atoms with Gasteiger partial charge in [0.1, 0.15) is 0 Å². The fourth-order valence-electron chi connectivity index (χ4n) is 3.75. The second kappa shape index (κ2) is 9.81. The summed E-state index contributed by atoms with van der Waals surface area (Å²) in [5.41, 5.74) is 2.26. The molecule has 1 atom stereocenters. The number of nitrogens with one attached hydrogen (secondary N) is 1. The van der Waals surface area contributed by atoms with Gasteiger partial charge in [0.15, 0.2) is 0 Å². The highest BCUT2D eigenvalue weighted by atomic mass is 35.5. The summed E-state index contributed by atoms with van der Waals surface area (Å²) in [7, 11) is -0.740.